The quantitative estimate of drug-likeness (QED) is 0.550. The SMILES string of the molecule is CO[C@H]1CN(c2ncc(C)cc2C(=O)N=C(N)C2CC2)CC[C@H]1NC1CCCCC1. The van der Waals surface area contributed by atoms with Crippen molar-refractivity contribution in [3.8, 4) is 0 Å². The lowest BCUT2D eigenvalue weighted by molar-refractivity contribution is 0.0533. The van der Waals surface area contributed by atoms with Gasteiger partial charge in [-0.3, -0.25) is 4.79 Å². The fourth-order valence-corrected chi connectivity index (χ4v) is 4.73. The second kappa shape index (κ2) is 9.43. The average Bonchev–Trinajstić information content (AvgIpc) is 3.60. The molecule has 1 saturated heterocycles. The molecular formula is C23H35N5O2. The van der Waals surface area contributed by atoms with Crippen molar-refractivity contribution in [3.05, 3.63) is 23.4 Å². The van der Waals surface area contributed by atoms with Crippen molar-refractivity contribution in [3.63, 3.8) is 0 Å². The van der Waals surface area contributed by atoms with Crippen LogP contribution in [0.15, 0.2) is 17.3 Å². The number of carbonyl (C=O) groups is 1. The Morgan fingerprint density at radius 2 is 2.00 bits per heavy atom. The monoisotopic (exact) mass is 413 g/mol. The zero-order valence-electron chi connectivity index (χ0n) is 18.3. The summed E-state index contributed by atoms with van der Waals surface area (Å²) in [7, 11) is 1.78. The predicted molar refractivity (Wildman–Crippen MR) is 119 cm³/mol. The van der Waals surface area contributed by atoms with Gasteiger partial charge in [-0.25, -0.2) is 4.98 Å². The number of pyridine rings is 1. The molecule has 3 N–H and O–H groups in total. The smallest absolute Gasteiger partial charge is 0.282 e. The lowest BCUT2D eigenvalue weighted by atomic mass is 9.92. The minimum absolute atomic E-state index is 0.0618. The Morgan fingerprint density at radius 1 is 1.23 bits per heavy atom. The topological polar surface area (TPSA) is 92.8 Å². The molecule has 0 aromatic carbocycles. The number of methoxy groups -OCH3 is 1. The van der Waals surface area contributed by atoms with Gasteiger partial charge in [-0.2, -0.15) is 4.99 Å². The van der Waals surface area contributed by atoms with Crippen molar-refractivity contribution in [1.82, 2.24) is 10.3 Å². The molecular weight excluding hydrogens is 378 g/mol. The number of hydrogen-bond acceptors (Lipinski definition) is 5. The molecule has 164 valence electrons. The Bertz CT molecular complexity index is 786. The van der Waals surface area contributed by atoms with E-state index >= 15 is 0 Å². The summed E-state index contributed by atoms with van der Waals surface area (Å²) >= 11 is 0. The standard InChI is InChI=1S/C23H35N5O2/c1-15-12-18(23(29)27-21(24)16-8-9-16)22(25-13-15)28-11-10-19(20(14-28)30-2)26-17-6-4-3-5-7-17/h12-13,16-17,19-20,26H,3-11,14H2,1-2H3,(H2,24,27,29)/t19-,20+/m1/s1. The van der Waals surface area contributed by atoms with Gasteiger partial charge in [0.2, 0.25) is 0 Å². The van der Waals surface area contributed by atoms with Gasteiger partial charge in [-0.15, -0.1) is 0 Å². The average molecular weight is 414 g/mol. The number of aryl methyl sites for hydroxylation is 1. The van der Waals surface area contributed by atoms with Crippen LogP contribution in [0.5, 0.6) is 0 Å². The summed E-state index contributed by atoms with van der Waals surface area (Å²) in [5.74, 6) is 1.13. The van der Waals surface area contributed by atoms with Gasteiger partial charge >= 0.3 is 0 Å². The number of anilines is 1. The molecule has 1 aromatic heterocycles. The molecule has 2 heterocycles. The van der Waals surface area contributed by atoms with Crippen molar-refractivity contribution in [2.75, 3.05) is 25.1 Å². The number of aromatic nitrogens is 1. The maximum absolute atomic E-state index is 12.9. The summed E-state index contributed by atoms with van der Waals surface area (Å²) in [6.07, 6.45) is 11.4. The highest BCUT2D eigenvalue weighted by molar-refractivity contribution is 6.06. The first-order chi connectivity index (χ1) is 14.5. The largest absolute Gasteiger partial charge is 0.387 e. The van der Waals surface area contributed by atoms with Crippen LogP contribution in [0.2, 0.25) is 0 Å². The van der Waals surface area contributed by atoms with E-state index in [1.807, 2.05) is 19.2 Å². The van der Waals surface area contributed by atoms with Crippen LogP contribution in [0.25, 0.3) is 0 Å². The normalized spacial score (nSPS) is 26.1. The summed E-state index contributed by atoms with van der Waals surface area (Å²) in [6, 6.07) is 2.81. The number of ether oxygens (including phenoxy) is 1. The number of nitrogens with one attached hydrogen (secondary N) is 1. The lowest BCUT2D eigenvalue weighted by Gasteiger charge is -2.41. The first kappa shape index (κ1) is 21.2. The van der Waals surface area contributed by atoms with Crippen LogP contribution < -0.4 is 16.0 Å². The highest BCUT2D eigenvalue weighted by Crippen LogP contribution is 2.30. The van der Waals surface area contributed by atoms with Gasteiger partial charge in [-0.05, 0) is 50.7 Å². The van der Waals surface area contributed by atoms with Crippen molar-refractivity contribution in [2.24, 2.45) is 16.6 Å². The van der Waals surface area contributed by atoms with Gasteiger partial charge in [0.1, 0.15) is 11.7 Å². The number of nitrogens with two attached hydrogens (primary N) is 1. The van der Waals surface area contributed by atoms with E-state index in [9.17, 15) is 4.79 Å². The Balaban J connectivity index is 1.48. The molecule has 4 rings (SSSR count). The van der Waals surface area contributed by atoms with Crippen molar-refractivity contribution < 1.29 is 9.53 Å². The fourth-order valence-electron chi connectivity index (χ4n) is 4.73. The third-order valence-corrected chi connectivity index (χ3v) is 6.68. The minimum Gasteiger partial charge on any atom is -0.387 e. The zero-order chi connectivity index (χ0) is 21.1. The zero-order valence-corrected chi connectivity index (χ0v) is 18.3. The molecule has 3 fully saturated rings. The number of piperidine rings is 1. The summed E-state index contributed by atoms with van der Waals surface area (Å²) in [4.78, 5) is 23.9. The molecule has 1 aliphatic heterocycles. The molecule has 7 nitrogen and oxygen atoms in total. The molecule has 1 aromatic rings. The Labute approximate surface area is 179 Å². The van der Waals surface area contributed by atoms with E-state index in [0.717, 1.165) is 31.4 Å². The predicted octanol–water partition coefficient (Wildman–Crippen LogP) is 2.81. The van der Waals surface area contributed by atoms with E-state index in [1.165, 1.54) is 32.1 Å². The highest BCUT2D eigenvalue weighted by atomic mass is 16.5. The third-order valence-electron chi connectivity index (χ3n) is 6.68. The van der Waals surface area contributed by atoms with Crippen molar-refractivity contribution in [1.29, 1.82) is 0 Å². The van der Waals surface area contributed by atoms with E-state index in [0.29, 0.717) is 35.8 Å². The molecule has 30 heavy (non-hydrogen) atoms. The van der Waals surface area contributed by atoms with E-state index in [1.54, 1.807) is 7.11 Å². The van der Waals surface area contributed by atoms with Crippen LogP contribution in [0, 0.1) is 12.8 Å². The molecule has 0 bridgehead atoms. The summed E-state index contributed by atoms with van der Waals surface area (Å²) in [6.45, 7) is 3.49. The molecule has 7 heteroatoms. The molecule has 2 saturated carbocycles. The van der Waals surface area contributed by atoms with E-state index in [-0.39, 0.29) is 17.9 Å². The molecule has 0 spiro atoms. The molecule has 3 aliphatic rings. The summed E-state index contributed by atoms with van der Waals surface area (Å²) in [5, 5.41) is 3.85. The summed E-state index contributed by atoms with van der Waals surface area (Å²) in [5.41, 5.74) is 7.48. The second-order valence-electron chi connectivity index (χ2n) is 9.12. The number of aliphatic imine (C=N–C) groups is 1. The lowest BCUT2D eigenvalue weighted by Crippen LogP contribution is -2.56. The Hall–Kier alpha value is -1.99. The van der Waals surface area contributed by atoms with E-state index in [2.05, 4.69) is 20.2 Å². The third kappa shape index (κ3) is 5.01. The minimum atomic E-state index is -0.290. The Kier molecular flexibility index (Phi) is 6.68. The van der Waals surface area contributed by atoms with Crippen LogP contribution in [0.4, 0.5) is 5.82 Å². The number of carbonyl (C=O) groups excluding carboxylic acids is 1. The van der Waals surface area contributed by atoms with Gasteiger partial charge in [-0.1, -0.05) is 19.3 Å². The number of rotatable bonds is 6. The fraction of sp³-hybridized carbons (Fsp3) is 0.696. The maximum Gasteiger partial charge on any atom is 0.282 e. The van der Waals surface area contributed by atoms with Crippen LogP contribution in [-0.4, -0.2) is 55.1 Å². The first-order valence-corrected chi connectivity index (χ1v) is 11.4. The molecule has 0 radical (unpaired) electrons. The van der Waals surface area contributed by atoms with Gasteiger partial charge in [0, 0.05) is 44.4 Å². The van der Waals surface area contributed by atoms with Crippen LogP contribution >= 0.6 is 0 Å². The van der Waals surface area contributed by atoms with Gasteiger partial charge in [0.05, 0.1) is 11.7 Å². The van der Waals surface area contributed by atoms with Crippen LogP contribution in [-0.2, 0) is 4.74 Å². The van der Waals surface area contributed by atoms with Crippen LogP contribution in [0.1, 0.15) is 67.3 Å². The van der Waals surface area contributed by atoms with Crippen molar-refractivity contribution in [2.45, 2.75) is 76.5 Å². The molecule has 2 atom stereocenters. The van der Waals surface area contributed by atoms with Gasteiger partial charge < -0.3 is 20.7 Å². The van der Waals surface area contributed by atoms with Gasteiger partial charge in [0.25, 0.3) is 5.91 Å². The van der Waals surface area contributed by atoms with E-state index in [4.69, 9.17) is 10.5 Å². The number of amides is 1. The Morgan fingerprint density at radius 3 is 2.70 bits per heavy atom. The number of hydrogen-bond donors (Lipinski definition) is 2. The molecule has 2 aliphatic carbocycles. The number of amidine groups is 1. The maximum atomic E-state index is 12.9. The first-order valence-electron chi connectivity index (χ1n) is 11.4. The van der Waals surface area contributed by atoms with Crippen molar-refractivity contribution >= 4 is 17.6 Å². The van der Waals surface area contributed by atoms with Gasteiger partial charge in [0.15, 0.2) is 0 Å². The summed E-state index contributed by atoms with van der Waals surface area (Å²) < 4.78 is 5.86. The van der Waals surface area contributed by atoms with E-state index < -0.39 is 0 Å². The number of nitrogens with zero attached hydrogens (tertiary/aromatic N) is 3. The molecule has 1 amide bonds. The van der Waals surface area contributed by atoms with Crippen LogP contribution in [0.3, 0.4) is 0 Å². The molecule has 0 unspecified atom stereocenters. The second-order valence-corrected chi connectivity index (χ2v) is 9.12. The highest BCUT2D eigenvalue weighted by Gasteiger charge is 2.33.